The van der Waals surface area contributed by atoms with E-state index >= 15 is 0 Å². The van der Waals surface area contributed by atoms with E-state index in [1.165, 1.54) is 23.2 Å². The summed E-state index contributed by atoms with van der Waals surface area (Å²) >= 11 is 0. The van der Waals surface area contributed by atoms with Crippen LogP contribution in [0.4, 0.5) is 0 Å². The Balaban J connectivity index is 1.79. The maximum atomic E-state index is 13.5. The van der Waals surface area contributed by atoms with Crippen LogP contribution < -0.4 is 5.32 Å². The summed E-state index contributed by atoms with van der Waals surface area (Å²) in [4.78, 5) is 39.0. The summed E-state index contributed by atoms with van der Waals surface area (Å²) in [6.45, 7) is 9.35. The highest BCUT2D eigenvalue weighted by Crippen LogP contribution is 2.26. The van der Waals surface area contributed by atoms with Crippen LogP contribution in [0.3, 0.4) is 0 Å². The Bertz CT molecular complexity index is 1270. The van der Waals surface area contributed by atoms with Crippen LogP contribution in [0.5, 0.6) is 0 Å². The number of hydrogen-bond donors (Lipinski definition) is 1. The molecule has 1 aliphatic rings. The van der Waals surface area contributed by atoms with Crippen LogP contribution in [0.15, 0.2) is 53.4 Å². The number of carbonyl (C=O) groups excluding carboxylic acids is 3. The molecule has 2 aromatic carbocycles. The molecule has 0 bridgehead atoms. The van der Waals surface area contributed by atoms with Gasteiger partial charge < -0.3 is 15.0 Å². The summed E-state index contributed by atoms with van der Waals surface area (Å²) in [5, 5.41) is 2.82. The Kier molecular flexibility index (Phi) is 8.99. The lowest BCUT2D eigenvalue weighted by atomic mass is 9.84. The lowest BCUT2D eigenvalue weighted by Crippen LogP contribution is -2.61. The Hall–Kier alpha value is -3.24. The van der Waals surface area contributed by atoms with Crippen molar-refractivity contribution < 1.29 is 27.5 Å². The van der Waals surface area contributed by atoms with Gasteiger partial charge in [0.1, 0.15) is 6.04 Å². The number of sulfonamides is 1. The van der Waals surface area contributed by atoms with Gasteiger partial charge in [-0.2, -0.15) is 4.31 Å². The molecule has 0 spiro atoms. The summed E-state index contributed by atoms with van der Waals surface area (Å²) in [7, 11) is -2.63. The van der Waals surface area contributed by atoms with Gasteiger partial charge >= 0.3 is 5.97 Å². The minimum Gasteiger partial charge on any atom is -0.468 e. The van der Waals surface area contributed by atoms with E-state index in [9.17, 15) is 22.8 Å². The van der Waals surface area contributed by atoms with Crippen molar-refractivity contribution in [1.82, 2.24) is 14.5 Å². The van der Waals surface area contributed by atoms with Gasteiger partial charge in [-0.05, 0) is 48.6 Å². The smallest absolute Gasteiger partial charge is 0.315 e. The Morgan fingerprint density at radius 1 is 1.03 bits per heavy atom. The Morgan fingerprint density at radius 3 is 2.16 bits per heavy atom. The molecule has 38 heavy (non-hydrogen) atoms. The number of nitrogens with one attached hydrogen (secondary N) is 1. The number of carbonyl (C=O) groups is 3. The molecule has 1 saturated heterocycles. The molecule has 2 amide bonds. The van der Waals surface area contributed by atoms with E-state index in [-0.39, 0.29) is 48.9 Å². The molecule has 1 N–H and O–H groups in total. The average Bonchev–Trinajstić information content (AvgIpc) is 2.90. The normalized spacial score (nSPS) is 16.8. The molecule has 10 heteroatoms. The summed E-state index contributed by atoms with van der Waals surface area (Å²) in [5.74, 6) is -0.807. The monoisotopic (exact) mass is 543 g/mol. The summed E-state index contributed by atoms with van der Waals surface area (Å²) in [5.41, 5.74) is 1.74. The topological polar surface area (TPSA) is 113 Å². The third-order valence-electron chi connectivity index (χ3n) is 7.07. The molecule has 0 unspecified atom stereocenters. The zero-order chi connectivity index (χ0) is 28.3. The molecule has 206 valence electrons. The number of piperazine rings is 1. The van der Waals surface area contributed by atoms with Crippen molar-refractivity contribution in [3.05, 3.63) is 65.2 Å². The quantitative estimate of drug-likeness (QED) is 0.513. The number of esters is 1. The third-order valence-corrected chi connectivity index (χ3v) is 8.99. The van der Waals surface area contributed by atoms with Crippen LogP contribution in [0, 0.1) is 0 Å². The fourth-order valence-corrected chi connectivity index (χ4v) is 6.00. The number of amides is 2. The lowest BCUT2D eigenvalue weighted by molar-refractivity contribution is -0.146. The number of hydrogen-bond acceptors (Lipinski definition) is 6. The molecule has 9 nitrogen and oxygen atoms in total. The van der Waals surface area contributed by atoms with Crippen LogP contribution in [0.25, 0.3) is 0 Å². The van der Waals surface area contributed by atoms with E-state index in [2.05, 4.69) is 5.32 Å². The van der Waals surface area contributed by atoms with E-state index in [0.29, 0.717) is 0 Å². The van der Waals surface area contributed by atoms with Gasteiger partial charge in [0, 0.05) is 33.1 Å². The number of rotatable bonds is 8. The van der Waals surface area contributed by atoms with E-state index < -0.39 is 27.4 Å². The molecule has 1 aliphatic heterocycles. The second-order valence-electron chi connectivity index (χ2n) is 10.4. The molecule has 1 fully saturated rings. The van der Waals surface area contributed by atoms with Gasteiger partial charge in [-0.1, -0.05) is 50.2 Å². The molecule has 3 rings (SSSR count). The fraction of sp³-hybridized carbons (Fsp3) is 0.464. The predicted molar refractivity (Wildman–Crippen MR) is 144 cm³/mol. The van der Waals surface area contributed by atoms with Crippen molar-refractivity contribution in [1.29, 1.82) is 0 Å². The van der Waals surface area contributed by atoms with Gasteiger partial charge in [-0.3, -0.25) is 14.4 Å². The molecule has 2 aromatic rings. The minimum absolute atomic E-state index is 0.0171. The van der Waals surface area contributed by atoms with Crippen molar-refractivity contribution in [2.75, 3.05) is 26.7 Å². The largest absolute Gasteiger partial charge is 0.468 e. The van der Waals surface area contributed by atoms with Crippen LogP contribution in [-0.2, 0) is 41.1 Å². The van der Waals surface area contributed by atoms with Gasteiger partial charge in [-0.25, -0.2) is 8.42 Å². The minimum atomic E-state index is -3.97. The number of methoxy groups -OCH3 is 1. The van der Waals surface area contributed by atoms with E-state index in [4.69, 9.17) is 4.74 Å². The molecule has 1 heterocycles. The first-order valence-electron chi connectivity index (χ1n) is 12.6. The summed E-state index contributed by atoms with van der Waals surface area (Å²) < 4.78 is 33.2. The van der Waals surface area contributed by atoms with Crippen LogP contribution in [0.2, 0.25) is 0 Å². The average molecular weight is 544 g/mol. The van der Waals surface area contributed by atoms with Crippen molar-refractivity contribution in [3.8, 4) is 0 Å². The molecule has 0 aromatic heterocycles. The molecular weight excluding hydrogens is 506 g/mol. The van der Waals surface area contributed by atoms with Crippen molar-refractivity contribution in [3.63, 3.8) is 0 Å². The molecule has 0 saturated carbocycles. The lowest BCUT2D eigenvalue weighted by Gasteiger charge is -2.39. The highest BCUT2D eigenvalue weighted by Gasteiger charge is 2.40. The van der Waals surface area contributed by atoms with Gasteiger partial charge in [0.25, 0.3) is 0 Å². The fourth-order valence-electron chi connectivity index (χ4n) is 4.43. The third kappa shape index (κ3) is 6.24. The maximum absolute atomic E-state index is 13.5. The first-order chi connectivity index (χ1) is 17.8. The van der Waals surface area contributed by atoms with E-state index in [0.717, 1.165) is 16.7 Å². The van der Waals surface area contributed by atoms with Crippen molar-refractivity contribution >= 4 is 27.8 Å². The number of nitrogens with zero attached hydrogens (tertiary/aromatic N) is 2. The molecule has 1 atom stereocenters. The zero-order valence-electron chi connectivity index (χ0n) is 22.9. The van der Waals surface area contributed by atoms with Crippen LogP contribution in [-0.4, -0.2) is 68.2 Å². The second-order valence-corrected chi connectivity index (χ2v) is 12.2. The van der Waals surface area contributed by atoms with Crippen LogP contribution >= 0.6 is 0 Å². The number of benzene rings is 2. The molecular formula is C28H37N3O6S. The van der Waals surface area contributed by atoms with E-state index in [1.54, 1.807) is 62.4 Å². The van der Waals surface area contributed by atoms with Crippen LogP contribution in [0.1, 0.15) is 57.2 Å². The zero-order valence-corrected chi connectivity index (χ0v) is 23.7. The first-order valence-corrected chi connectivity index (χ1v) is 14.1. The van der Waals surface area contributed by atoms with Crippen molar-refractivity contribution in [2.45, 2.75) is 63.4 Å². The Morgan fingerprint density at radius 2 is 1.63 bits per heavy atom. The highest BCUT2D eigenvalue weighted by atomic mass is 32.2. The van der Waals surface area contributed by atoms with E-state index in [1.807, 2.05) is 13.8 Å². The second kappa shape index (κ2) is 11.7. The van der Waals surface area contributed by atoms with Crippen molar-refractivity contribution in [2.24, 2.45) is 0 Å². The number of ether oxygens (including phenoxy) is 1. The van der Waals surface area contributed by atoms with Gasteiger partial charge in [0.15, 0.2) is 0 Å². The molecule has 0 aliphatic carbocycles. The first kappa shape index (κ1) is 29.3. The summed E-state index contributed by atoms with van der Waals surface area (Å²) in [6.07, 6.45) is 0. The predicted octanol–water partition coefficient (Wildman–Crippen LogP) is 2.80. The van der Waals surface area contributed by atoms with Gasteiger partial charge in [-0.15, -0.1) is 0 Å². The van der Waals surface area contributed by atoms with Gasteiger partial charge in [0.05, 0.1) is 17.4 Å². The van der Waals surface area contributed by atoms with Gasteiger partial charge in [0.2, 0.25) is 21.8 Å². The SMILES string of the molecule is COC(=O)C(C)(C)c1ccc(CNC(=O)[C@H]2CN(C(C)=O)CCN2S(=O)(=O)c2ccc(C(C)C)cc2)cc1. The highest BCUT2D eigenvalue weighted by molar-refractivity contribution is 7.89. The maximum Gasteiger partial charge on any atom is 0.315 e. The molecule has 0 radical (unpaired) electrons. The standard InChI is InChI=1S/C28H37N3O6S/c1-19(2)22-9-13-24(14-10-22)38(35,36)31-16-15-30(20(3)32)18-25(31)26(33)29-17-21-7-11-23(12-8-21)28(4,5)27(34)37-6/h7-14,19,25H,15-18H2,1-6H3,(H,29,33)/t25-/m1/s1. The Labute approximate surface area is 225 Å². The summed E-state index contributed by atoms with van der Waals surface area (Å²) in [6, 6.07) is 12.8.